The van der Waals surface area contributed by atoms with Crippen LogP contribution in [0.2, 0.25) is 0 Å². The monoisotopic (exact) mass is 597 g/mol. The topological polar surface area (TPSA) is 110 Å². The van der Waals surface area contributed by atoms with Gasteiger partial charge in [0.15, 0.2) is 0 Å². The van der Waals surface area contributed by atoms with Crippen molar-refractivity contribution in [2.45, 2.75) is 44.6 Å². The van der Waals surface area contributed by atoms with E-state index in [9.17, 15) is 10.2 Å². The highest BCUT2D eigenvalue weighted by atomic mass is 123. The zero-order chi connectivity index (χ0) is 24.7. The van der Waals surface area contributed by atoms with Crippen molar-refractivity contribution in [3.05, 3.63) is 69.1 Å². The van der Waals surface area contributed by atoms with Crippen LogP contribution in [0.15, 0.2) is 48.7 Å². The summed E-state index contributed by atoms with van der Waals surface area (Å²) in [6.07, 6.45) is 0.123. The Bertz CT molecular complexity index is 1060. The van der Waals surface area contributed by atoms with E-state index in [0.717, 1.165) is 14.7 Å². The third kappa shape index (κ3) is 7.05. The summed E-state index contributed by atoms with van der Waals surface area (Å²) < 4.78 is 13.8. The van der Waals surface area contributed by atoms with Crippen molar-refractivity contribution in [1.82, 2.24) is 15.0 Å². The SMILES string of the molecule is CC(C)(c1ccc(OC[C@H](O)Cn2cc(CO)nn2)cc1)c1ccc(OC[C@H](O)CCl)c([123I])c1. The van der Waals surface area contributed by atoms with Crippen molar-refractivity contribution >= 4 is 34.2 Å². The van der Waals surface area contributed by atoms with Gasteiger partial charge in [-0.3, -0.25) is 0 Å². The second-order valence-corrected chi connectivity index (χ2v) is 9.94. The average molecular weight is 598 g/mol. The lowest BCUT2D eigenvalue weighted by Crippen LogP contribution is -2.24. The minimum Gasteiger partial charge on any atom is -0.491 e. The molecule has 1 heterocycles. The number of nitrogens with zero attached hydrogens (tertiary/aromatic N) is 3. The van der Waals surface area contributed by atoms with Gasteiger partial charge >= 0.3 is 0 Å². The first-order valence-corrected chi connectivity index (χ1v) is 12.4. The molecule has 10 heteroatoms. The van der Waals surface area contributed by atoms with E-state index in [1.807, 2.05) is 36.4 Å². The minimum atomic E-state index is -0.766. The number of ether oxygens (including phenoxy) is 2. The van der Waals surface area contributed by atoms with Crippen LogP contribution in [-0.4, -0.2) is 61.6 Å². The number of aliphatic hydroxyl groups excluding tert-OH is 3. The molecule has 0 bridgehead atoms. The number of hydrogen-bond acceptors (Lipinski definition) is 7. The molecular weight excluding hydrogens is 569 g/mol. The summed E-state index contributed by atoms with van der Waals surface area (Å²) in [4.78, 5) is 0. The number of aliphatic hydroxyl groups is 3. The summed E-state index contributed by atoms with van der Waals surface area (Å²) in [5, 5.41) is 36.5. The third-order valence-corrected chi connectivity index (χ3v) is 6.63. The van der Waals surface area contributed by atoms with Gasteiger partial charge in [-0.15, -0.1) is 16.7 Å². The van der Waals surface area contributed by atoms with E-state index < -0.39 is 12.2 Å². The van der Waals surface area contributed by atoms with Gasteiger partial charge in [0, 0.05) is 5.41 Å². The molecule has 3 N–H and O–H groups in total. The second kappa shape index (κ2) is 12.2. The fraction of sp³-hybridized carbons (Fsp3) is 0.417. The van der Waals surface area contributed by atoms with E-state index >= 15 is 0 Å². The molecule has 2 atom stereocenters. The van der Waals surface area contributed by atoms with Gasteiger partial charge in [0.05, 0.1) is 28.8 Å². The van der Waals surface area contributed by atoms with Crippen molar-refractivity contribution in [3.63, 3.8) is 0 Å². The first-order valence-electron chi connectivity index (χ1n) is 10.8. The first-order chi connectivity index (χ1) is 16.2. The molecule has 0 amide bonds. The van der Waals surface area contributed by atoms with Crippen LogP contribution in [0.1, 0.15) is 30.7 Å². The standard InChI is InChI=1S/C24H29ClIN3O5/c1-24(2,17-5-8-23(22(26)9-17)34-14-19(31)10-25)16-3-6-21(7-4-16)33-15-20(32)12-29-11-18(13-30)27-28-29/h3-9,11,19-20,30-32H,10,12-15H2,1-2H3/t19-,20-/m1/s1/i26-4. The summed E-state index contributed by atoms with van der Waals surface area (Å²) in [6, 6.07) is 13.8. The Morgan fingerprint density at radius 2 is 1.71 bits per heavy atom. The Hall–Kier alpha value is -1.92. The fourth-order valence-electron chi connectivity index (χ4n) is 3.33. The summed E-state index contributed by atoms with van der Waals surface area (Å²) in [5.74, 6) is 1.50. The maximum Gasteiger partial charge on any atom is 0.132 e. The lowest BCUT2D eigenvalue weighted by atomic mass is 9.78. The Kier molecular flexibility index (Phi) is 9.55. The number of hydrogen-bond donors (Lipinski definition) is 3. The quantitative estimate of drug-likeness (QED) is 0.217. The summed E-state index contributed by atoms with van der Waals surface area (Å²) in [5.41, 5.74) is 2.43. The van der Waals surface area contributed by atoms with Crippen molar-refractivity contribution in [1.29, 1.82) is 0 Å². The summed E-state index contributed by atoms with van der Waals surface area (Å²) in [7, 11) is 0. The van der Waals surface area contributed by atoms with E-state index in [2.05, 4.69) is 52.8 Å². The van der Waals surface area contributed by atoms with Crippen molar-refractivity contribution in [2.24, 2.45) is 0 Å². The highest BCUT2D eigenvalue weighted by Crippen LogP contribution is 2.35. The van der Waals surface area contributed by atoms with E-state index in [4.69, 9.17) is 26.2 Å². The van der Waals surface area contributed by atoms with E-state index in [0.29, 0.717) is 17.2 Å². The van der Waals surface area contributed by atoms with Crippen LogP contribution in [0.3, 0.4) is 0 Å². The summed E-state index contributed by atoms with van der Waals surface area (Å²) >= 11 is 7.86. The number of rotatable bonds is 12. The van der Waals surface area contributed by atoms with Crippen LogP contribution in [-0.2, 0) is 18.6 Å². The highest BCUT2D eigenvalue weighted by molar-refractivity contribution is 14.1. The molecule has 0 aliphatic heterocycles. The fourth-order valence-corrected chi connectivity index (χ4v) is 4.09. The van der Waals surface area contributed by atoms with Gasteiger partial charge in [-0.1, -0.05) is 37.3 Å². The largest absolute Gasteiger partial charge is 0.491 e. The molecule has 0 radical (unpaired) electrons. The Morgan fingerprint density at radius 3 is 2.32 bits per heavy atom. The predicted molar refractivity (Wildman–Crippen MR) is 137 cm³/mol. The van der Waals surface area contributed by atoms with Crippen molar-refractivity contribution < 1.29 is 24.8 Å². The van der Waals surface area contributed by atoms with E-state index in [-0.39, 0.29) is 37.7 Å². The van der Waals surface area contributed by atoms with Crippen LogP contribution in [0.5, 0.6) is 11.5 Å². The molecule has 8 nitrogen and oxygen atoms in total. The molecule has 0 unspecified atom stereocenters. The molecule has 0 aliphatic carbocycles. The Morgan fingerprint density at radius 1 is 1.03 bits per heavy atom. The van der Waals surface area contributed by atoms with Gasteiger partial charge in [-0.05, 0) is 58.0 Å². The van der Waals surface area contributed by atoms with Crippen LogP contribution < -0.4 is 9.47 Å². The highest BCUT2D eigenvalue weighted by Gasteiger charge is 2.24. The van der Waals surface area contributed by atoms with Crippen LogP contribution in [0.4, 0.5) is 0 Å². The zero-order valence-electron chi connectivity index (χ0n) is 19.1. The molecular formula is C24H29ClIN3O5. The van der Waals surface area contributed by atoms with E-state index in [1.165, 1.54) is 4.68 Å². The first kappa shape index (κ1) is 26.7. The molecule has 0 aliphatic rings. The van der Waals surface area contributed by atoms with Crippen molar-refractivity contribution in [3.8, 4) is 11.5 Å². The number of halogens is 2. The lowest BCUT2D eigenvalue weighted by Gasteiger charge is -2.27. The van der Waals surface area contributed by atoms with E-state index in [1.54, 1.807) is 6.20 Å². The maximum absolute atomic E-state index is 10.2. The zero-order valence-corrected chi connectivity index (χ0v) is 22.0. The van der Waals surface area contributed by atoms with Crippen LogP contribution >= 0.6 is 34.2 Å². The number of aromatic nitrogens is 3. The second-order valence-electron chi connectivity index (χ2n) is 8.47. The molecule has 34 heavy (non-hydrogen) atoms. The molecule has 0 saturated heterocycles. The molecule has 0 fully saturated rings. The maximum atomic E-state index is 10.2. The van der Waals surface area contributed by atoms with Gasteiger partial charge < -0.3 is 24.8 Å². The minimum absolute atomic E-state index is 0.106. The lowest BCUT2D eigenvalue weighted by molar-refractivity contribution is 0.0888. The molecule has 1 aromatic heterocycles. The number of alkyl halides is 1. The smallest absolute Gasteiger partial charge is 0.132 e. The van der Waals surface area contributed by atoms with Gasteiger partial charge in [0.1, 0.15) is 42.6 Å². The van der Waals surface area contributed by atoms with Gasteiger partial charge in [-0.25, -0.2) is 4.68 Å². The van der Waals surface area contributed by atoms with Gasteiger partial charge in [0.2, 0.25) is 0 Å². The average Bonchev–Trinajstić information content (AvgIpc) is 3.29. The summed E-state index contributed by atoms with van der Waals surface area (Å²) in [6.45, 7) is 4.59. The van der Waals surface area contributed by atoms with Gasteiger partial charge in [-0.2, -0.15) is 0 Å². The molecule has 3 aromatic rings. The molecule has 0 spiro atoms. The normalized spacial score (nSPS) is 13.5. The van der Waals surface area contributed by atoms with Gasteiger partial charge in [0.25, 0.3) is 0 Å². The predicted octanol–water partition coefficient (Wildman–Crippen LogP) is 3.12. The van der Waals surface area contributed by atoms with Crippen molar-refractivity contribution in [2.75, 3.05) is 19.1 Å². The molecule has 0 saturated carbocycles. The molecule has 184 valence electrons. The number of benzene rings is 2. The van der Waals surface area contributed by atoms with Crippen LogP contribution in [0, 0.1) is 3.57 Å². The molecule has 3 rings (SSSR count). The van der Waals surface area contributed by atoms with Crippen LogP contribution in [0.25, 0.3) is 0 Å². The third-order valence-electron chi connectivity index (χ3n) is 5.43. The molecule has 2 aromatic carbocycles. The Balaban J connectivity index is 1.59. The Labute approximate surface area is 217 Å².